The molecule has 0 saturated carbocycles. The van der Waals surface area contributed by atoms with E-state index in [9.17, 15) is 0 Å². The van der Waals surface area contributed by atoms with Gasteiger partial charge in [0.25, 0.3) is 0 Å². The van der Waals surface area contributed by atoms with Crippen LogP contribution in [0, 0.1) is 0 Å². The minimum absolute atomic E-state index is 0.203. The molecule has 3 heteroatoms. The Morgan fingerprint density at radius 2 is 1.07 bits per heavy atom. The first-order valence-corrected chi connectivity index (χ1v) is 14.0. The maximum Gasteiger partial charge on any atom is 0.135 e. The number of fused-ring (bicyclic) bond motifs is 3. The van der Waals surface area contributed by atoms with Gasteiger partial charge in [0, 0.05) is 5.56 Å². The molecule has 1 aliphatic rings. The smallest absolute Gasteiger partial charge is 0.135 e. The van der Waals surface area contributed by atoms with Crippen LogP contribution >= 0.6 is 0 Å². The van der Waals surface area contributed by atoms with Crippen molar-refractivity contribution >= 4 is 44.0 Å². The lowest BCUT2D eigenvalue weighted by molar-refractivity contribution is 0.337. The van der Waals surface area contributed by atoms with E-state index in [2.05, 4.69) is 149 Å². The maximum atomic E-state index is 5.33. The van der Waals surface area contributed by atoms with E-state index in [0.717, 1.165) is 17.3 Å². The van der Waals surface area contributed by atoms with Crippen molar-refractivity contribution in [2.45, 2.75) is 45.7 Å². The molecule has 3 nitrogen and oxygen atoms in total. The molecule has 0 atom stereocenters. The predicted molar refractivity (Wildman–Crippen MR) is 171 cm³/mol. The first-order chi connectivity index (χ1) is 19.3. The molecule has 0 aliphatic carbocycles. The summed E-state index contributed by atoms with van der Waals surface area (Å²) >= 11 is 0. The summed E-state index contributed by atoms with van der Waals surface area (Å²) in [5, 5.41) is 7.40. The molecule has 0 spiro atoms. The van der Waals surface area contributed by atoms with Gasteiger partial charge in [-0.05, 0) is 90.2 Å². The molecule has 0 amide bonds. The van der Waals surface area contributed by atoms with Gasteiger partial charge in [0.15, 0.2) is 0 Å². The molecule has 7 rings (SSSR count). The number of rotatable bonds is 3. The topological polar surface area (TPSA) is 28.5 Å². The van der Waals surface area contributed by atoms with Gasteiger partial charge in [-0.15, -0.1) is 0 Å². The van der Waals surface area contributed by atoms with Crippen molar-refractivity contribution in [2.75, 3.05) is 4.90 Å². The Labute approximate surface area is 235 Å². The van der Waals surface area contributed by atoms with Crippen LogP contribution in [0.5, 0.6) is 0 Å². The first kappa shape index (κ1) is 24.5. The summed E-state index contributed by atoms with van der Waals surface area (Å²) in [5.41, 5.74) is 4.25. The SMILES string of the molecule is CC1=NC(C)(C)C(C)(C)N1c1cccc(-c2c3ccccc3c(-c3cccc4ccccc34)c3ccccc23)n1. The third-order valence-corrected chi connectivity index (χ3v) is 9.03. The van der Waals surface area contributed by atoms with Crippen LogP contribution in [-0.2, 0) is 0 Å². The molecule has 40 heavy (non-hydrogen) atoms. The molecule has 0 unspecified atom stereocenters. The normalized spacial score (nSPS) is 16.1. The predicted octanol–water partition coefficient (Wildman–Crippen LogP) is 9.67. The number of anilines is 1. The van der Waals surface area contributed by atoms with E-state index in [-0.39, 0.29) is 11.1 Å². The van der Waals surface area contributed by atoms with Crippen molar-refractivity contribution in [3.63, 3.8) is 0 Å². The summed E-state index contributed by atoms with van der Waals surface area (Å²) in [7, 11) is 0. The Bertz CT molecular complexity index is 1920. The second-order valence-corrected chi connectivity index (χ2v) is 11.9. The highest BCUT2D eigenvalue weighted by Gasteiger charge is 2.48. The number of nitrogens with zero attached hydrogens (tertiary/aromatic N) is 3. The van der Waals surface area contributed by atoms with Crippen LogP contribution in [0.25, 0.3) is 54.7 Å². The minimum atomic E-state index is -0.214. The molecule has 0 bridgehead atoms. The lowest BCUT2D eigenvalue weighted by Gasteiger charge is -2.40. The van der Waals surface area contributed by atoms with Crippen molar-refractivity contribution in [2.24, 2.45) is 4.99 Å². The van der Waals surface area contributed by atoms with Gasteiger partial charge in [-0.2, -0.15) is 0 Å². The van der Waals surface area contributed by atoms with Crippen LogP contribution in [0.1, 0.15) is 34.6 Å². The van der Waals surface area contributed by atoms with E-state index < -0.39 is 0 Å². The third-order valence-electron chi connectivity index (χ3n) is 9.03. The number of hydrogen-bond donors (Lipinski definition) is 0. The van der Waals surface area contributed by atoms with Gasteiger partial charge < -0.3 is 4.90 Å². The highest BCUT2D eigenvalue weighted by Crippen LogP contribution is 2.46. The van der Waals surface area contributed by atoms with E-state index in [1.165, 1.54) is 49.0 Å². The van der Waals surface area contributed by atoms with Crippen molar-refractivity contribution in [1.82, 2.24) is 4.98 Å². The van der Waals surface area contributed by atoms with E-state index in [4.69, 9.17) is 9.98 Å². The summed E-state index contributed by atoms with van der Waals surface area (Å²) in [6.45, 7) is 11.0. The van der Waals surface area contributed by atoms with Gasteiger partial charge in [-0.25, -0.2) is 4.98 Å². The molecule has 0 saturated heterocycles. The lowest BCUT2D eigenvalue weighted by atomic mass is 9.83. The third kappa shape index (κ3) is 3.50. The fourth-order valence-electron chi connectivity index (χ4n) is 6.55. The minimum Gasteiger partial charge on any atom is -0.307 e. The Morgan fingerprint density at radius 3 is 1.68 bits per heavy atom. The van der Waals surface area contributed by atoms with Gasteiger partial charge in [-0.3, -0.25) is 4.99 Å². The molecule has 5 aromatic carbocycles. The van der Waals surface area contributed by atoms with Gasteiger partial charge in [-0.1, -0.05) is 97.1 Å². The van der Waals surface area contributed by atoms with Crippen LogP contribution in [0.2, 0.25) is 0 Å². The molecule has 0 fully saturated rings. The Morgan fingerprint density at radius 1 is 0.550 bits per heavy atom. The van der Waals surface area contributed by atoms with E-state index in [1.54, 1.807) is 0 Å². The molecular formula is C37H33N3. The summed E-state index contributed by atoms with van der Waals surface area (Å²) in [6, 6.07) is 39.3. The van der Waals surface area contributed by atoms with Gasteiger partial charge in [0.05, 0.1) is 16.8 Å². The zero-order valence-corrected chi connectivity index (χ0v) is 23.7. The van der Waals surface area contributed by atoms with Gasteiger partial charge in [0.2, 0.25) is 0 Å². The summed E-state index contributed by atoms with van der Waals surface area (Å²) in [4.78, 5) is 12.6. The molecule has 1 aromatic heterocycles. The summed E-state index contributed by atoms with van der Waals surface area (Å²) in [5.74, 6) is 1.93. The highest BCUT2D eigenvalue weighted by atomic mass is 15.4. The number of pyridine rings is 1. The molecule has 2 heterocycles. The Kier molecular flexibility index (Phi) is 5.37. The Hall–Kier alpha value is -4.50. The molecule has 196 valence electrons. The zero-order chi connectivity index (χ0) is 27.6. The largest absolute Gasteiger partial charge is 0.307 e. The summed E-state index contributed by atoms with van der Waals surface area (Å²) in [6.07, 6.45) is 0. The van der Waals surface area contributed by atoms with Crippen molar-refractivity contribution < 1.29 is 0 Å². The van der Waals surface area contributed by atoms with Crippen molar-refractivity contribution in [3.8, 4) is 22.4 Å². The van der Waals surface area contributed by atoms with E-state index >= 15 is 0 Å². The van der Waals surface area contributed by atoms with Crippen LogP contribution in [0.3, 0.4) is 0 Å². The zero-order valence-electron chi connectivity index (χ0n) is 23.7. The molecule has 0 N–H and O–H groups in total. The van der Waals surface area contributed by atoms with Crippen molar-refractivity contribution in [1.29, 1.82) is 0 Å². The van der Waals surface area contributed by atoms with Crippen molar-refractivity contribution in [3.05, 3.63) is 109 Å². The number of benzene rings is 5. The Balaban J connectivity index is 1.53. The van der Waals surface area contributed by atoms with Crippen LogP contribution < -0.4 is 4.90 Å². The number of aliphatic imine (C=N–C) groups is 1. The highest BCUT2D eigenvalue weighted by molar-refractivity contribution is 6.23. The van der Waals surface area contributed by atoms with E-state index in [1.807, 2.05) is 0 Å². The van der Waals surface area contributed by atoms with Crippen LogP contribution in [-0.4, -0.2) is 21.9 Å². The molecular weight excluding hydrogens is 486 g/mol. The second-order valence-electron chi connectivity index (χ2n) is 11.9. The fourth-order valence-corrected chi connectivity index (χ4v) is 6.55. The fraction of sp³-hybridized carbons (Fsp3) is 0.189. The first-order valence-electron chi connectivity index (χ1n) is 14.0. The van der Waals surface area contributed by atoms with Gasteiger partial charge >= 0.3 is 0 Å². The number of aromatic nitrogens is 1. The standard InChI is InChI=1S/C37H33N3/c1-24-39-36(2,3)37(4,5)40(24)33-23-13-22-32(38-33)35-30-19-10-8-17-28(30)34(29-18-9-11-20-31(29)35)27-21-12-15-25-14-6-7-16-26(25)27/h6-23H,1-5H3. The quantitative estimate of drug-likeness (QED) is 0.218. The second kappa shape index (κ2) is 8.76. The van der Waals surface area contributed by atoms with E-state index in [0.29, 0.717) is 0 Å². The molecule has 6 aromatic rings. The monoisotopic (exact) mass is 519 g/mol. The average molecular weight is 520 g/mol. The molecule has 1 aliphatic heterocycles. The summed E-state index contributed by atoms with van der Waals surface area (Å²) < 4.78 is 0. The van der Waals surface area contributed by atoms with Gasteiger partial charge in [0.1, 0.15) is 11.7 Å². The maximum absolute atomic E-state index is 5.33. The number of amidine groups is 1. The van der Waals surface area contributed by atoms with Crippen LogP contribution in [0.15, 0.2) is 114 Å². The lowest BCUT2D eigenvalue weighted by Crippen LogP contribution is -2.53. The average Bonchev–Trinajstić information content (AvgIpc) is 3.12. The molecule has 0 radical (unpaired) electrons. The number of hydrogen-bond acceptors (Lipinski definition) is 3. The van der Waals surface area contributed by atoms with Crippen LogP contribution in [0.4, 0.5) is 5.82 Å².